The Bertz CT molecular complexity index is 2090. The average Bonchev–Trinajstić information content (AvgIpc) is 3.53. The fraction of sp³-hybridized carbons (Fsp3) is 0.386. The second-order valence-electron chi connectivity index (χ2n) is 15.7. The fourth-order valence-electron chi connectivity index (χ4n) is 9.39. The molecule has 11 heteroatoms. The van der Waals surface area contributed by atoms with Crippen LogP contribution in [-0.4, -0.2) is 91.1 Å². The molecule has 0 saturated carbocycles. The number of fused-ring (bicyclic) bond motifs is 2. The highest BCUT2D eigenvalue weighted by Gasteiger charge is 2.39. The molecule has 3 fully saturated rings. The van der Waals surface area contributed by atoms with Gasteiger partial charge in [-0.3, -0.25) is 24.6 Å². The molecule has 2 N–H and O–H groups in total. The van der Waals surface area contributed by atoms with Gasteiger partial charge in [0.2, 0.25) is 11.8 Å². The van der Waals surface area contributed by atoms with E-state index in [0.717, 1.165) is 81.0 Å². The van der Waals surface area contributed by atoms with Gasteiger partial charge in [0.1, 0.15) is 23.4 Å². The van der Waals surface area contributed by atoms with Gasteiger partial charge in [-0.1, -0.05) is 30.3 Å². The number of carbonyl (C=O) groups is 3. The molecule has 0 spiro atoms. The maximum absolute atomic E-state index is 13.8. The Hall–Kier alpha value is -5.42. The van der Waals surface area contributed by atoms with Crippen molar-refractivity contribution in [3.05, 3.63) is 119 Å². The van der Waals surface area contributed by atoms with Crippen molar-refractivity contribution in [2.24, 2.45) is 5.92 Å². The average molecular weight is 744 g/mol. The number of nitrogens with zero attached hydrogens (tertiary/aromatic N) is 4. The number of halogens is 1. The number of hydrogen-bond donors (Lipinski definition) is 2. The highest BCUT2D eigenvalue weighted by molar-refractivity contribution is 6.05. The summed E-state index contributed by atoms with van der Waals surface area (Å²) < 4.78 is 19.9. The van der Waals surface area contributed by atoms with Gasteiger partial charge >= 0.3 is 0 Å². The van der Waals surface area contributed by atoms with Gasteiger partial charge < -0.3 is 24.5 Å². The van der Waals surface area contributed by atoms with E-state index in [0.29, 0.717) is 36.8 Å². The molecule has 9 rings (SSSR count). The molecule has 10 nitrogen and oxygen atoms in total. The van der Waals surface area contributed by atoms with E-state index in [1.54, 1.807) is 17.0 Å². The number of piperazine rings is 1. The van der Waals surface area contributed by atoms with Crippen LogP contribution in [0.4, 0.5) is 15.8 Å². The van der Waals surface area contributed by atoms with Gasteiger partial charge in [0, 0.05) is 99.2 Å². The lowest BCUT2D eigenvalue weighted by molar-refractivity contribution is -0.136. The number of nitrogens with one attached hydrogen (secondary N) is 1. The summed E-state index contributed by atoms with van der Waals surface area (Å²) in [5, 5.41) is 12.5. The highest BCUT2D eigenvalue weighted by Crippen LogP contribution is 2.47. The third kappa shape index (κ3) is 7.01. The lowest BCUT2D eigenvalue weighted by atomic mass is 9.76. The van der Waals surface area contributed by atoms with Crippen LogP contribution in [0.2, 0.25) is 0 Å². The van der Waals surface area contributed by atoms with E-state index in [4.69, 9.17) is 4.74 Å². The largest absolute Gasteiger partial charge is 0.508 e. The smallest absolute Gasteiger partial charge is 0.255 e. The summed E-state index contributed by atoms with van der Waals surface area (Å²) in [7, 11) is 0. The SMILES string of the molecule is O=C1CC[C@H](N2Cc3cc(N4CCN(CC5CCN(c6ccc([C@@H]7c8ccc(O)cc8OC[C@@H]7c7ccc(F)cc7)cc6)CC5)CC4)ccc3C2=O)C(=O)N1. The topological polar surface area (TPSA) is 106 Å². The molecule has 284 valence electrons. The summed E-state index contributed by atoms with van der Waals surface area (Å²) in [6, 6.07) is 26.4. The van der Waals surface area contributed by atoms with Gasteiger partial charge in [-0.2, -0.15) is 0 Å². The third-order valence-corrected chi connectivity index (χ3v) is 12.4. The molecule has 5 aliphatic rings. The van der Waals surface area contributed by atoms with Gasteiger partial charge in [0.05, 0.1) is 6.61 Å². The number of phenols is 1. The number of ether oxygens (including phenoxy) is 1. The number of anilines is 2. The predicted molar refractivity (Wildman–Crippen MR) is 207 cm³/mol. The Morgan fingerprint density at radius 3 is 2.22 bits per heavy atom. The van der Waals surface area contributed by atoms with Crippen molar-refractivity contribution in [1.29, 1.82) is 0 Å². The summed E-state index contributed by atoms with van der Waals surface area (Å²) in [4.78, 5) is 46.3. The zero-order valence-electron chi connectivity index (χ0n) is 30.8. The lowest BCUT2D eigenvalue weighted by Crippen LogP contribution is -2.52. The third-order valence-electron chi connectivity index (χ3n) is 12.4. The van der Waals surface area contributed by atoms with Crippen LogP contribution in [0.15, 0.2) is 84.9 Å². The molecule has 0 aliphatic carbocycles. The van der Waals surface area contributed by atoms with E-state index >= 15 is 0 Å². The summed E-state index contributed by atoms with van der Waals surface area (Å²) in [6.07, 6.45) is 2.91. The van der Waals surface area contributed by atoms with Crippen molar-refractivity contribution in [3.8, 4) is 11.5 Å². The van der Waals surface area contributed by atoms with E-state index in [-0.39, 0.29) is 47.5 Å². The molecule has 4 aromatic carbocycles. The fourth-order valence-corrected chi connectivity index (χ4v) is 9.39. The second-order valence-corrected chi connectivity index (χ2v) is 15.7. The van der Waals surface area contributed by atoms with Crippen LogP contribution in [0.25, 0.3) is 0 Å². The molecule has 4 aromatic rings. The van der Waals surface area contributed by atoms with Crippen LogP contribution in [0.1, 0.15) is 70.1 Å². The van der Waals surface area contributed by atoms with Gasteiger partial charge in [0.25, 0.3) is 5.91 Å². The first-order valence-corrected chi connectivity index (χ1v) is 19.6. The van der Waals surface area contributed by atoms with Crippen molar-refractivity contribution >= 4 is 29.1 Å². The Kier molecular flexibility index (Phi) is 9.41. The van der Waals surface area contributed by atoms with Crippen molar-refractivity contribution < 1.29 is 28.6 Å². The number of imide groups is 1. The van der Waals surface area contributed by atoms with Crippen molar-refractivity contribution in [2.45, 2.75) is 50.1 Å². The highest BCUT2D eigenvalue weighted by atomic mass is 19.1. The van der Waals surface area contributed by atoms with E-state index in [1.165, 1.54) is 23.4 Å². The summed E-state index contributed by atoms with van der Waals surface area (Å²) >= 11 is 0. The standard InChI is InChI=1S/C44H46FN5O5/c45-32-5-1-29(2-6-32)38-27-55-40-24-35(51)10-12-37(40)42(38)30-3-7-33(8-4-30)48-17-15-28(16-18-48)25-47-19-21-49(22-20-47)34-9-11-36-31(23-34)26-50(44(36)54)39-13-14-41(52)46-43(39)53/h1-12,23-24,28,38-39,42,51H,13-22,25-27H2,(H,46,52,53)/t38-,39+,42-/m1/s1. The summed E-state index contributed by atoms with van der Waals surface area (Å²) in [6.45, 7) is 7.82. The predicted octanol–water partition coefficient (Wildman–Crippen LogP) is 5.64. The zero-order valence-corrected chi connectivity index (χ0v) is 30.8. The molecule has 0 aromatic heterocycles. The maximum atomic E-state index is 13.8. The Balaban J connectivity index is 0.783. The van der Waals surface area contributed by atoms with Gasteiger partial charge in [0.15, 0.2) is 0 Å². The number of carbonyl (C=O) groups excluding carboxylic acids is 3. The molecule has 5 aliphatic heterocycles. The molecular weight excluding hydrogens is 698 g/mol. The first-order chi connectivity index (χ1) is 26.8. The molecular formula is C44H46FN5O5. The van der Waals surface area contributed by atoms with Gasteiger partial charge in [-0.25, -0.2) is 4.39 Å². The molecule has 3 saturated heterocycles. The van der Waals surface area contributed by atoms with E-state index in [2.05, 4.69) is 50.3 Å². The number of piperidine rings is 2. The van der Waals surface area contributed by atoms with E-state index in [9.17, 15) is 23.9 Å². The van der Waals surface area contributed by atoms with Crippen LogP contribution in [-0.2, 0) is 16.1 Å². The monoisotopic (exact) mass is 743 g/mol. The van der Waals surface area contributed by atoms with Crippen molar-refractivity contribution in [3.63, 3.8) is 0 Å². The lowest BCUT2D eigenvalue weighted by Gasteiger charge is -2.40. The molecule has 0 radical (unpaired) electrons. The molecule has 3 amide bonds. The van der Waals surface area contributed by atoms with Crippen LogP contribution >= 0.6 is 0 Å². The molecule has 0 unspecified atom stereocenters. The molecule has 3 atom stereocenters. The normalized spacial score (nSPS) is 23.3. The minimum absolute atomic E-state index is 0.0114. The molecule has 55 heavy (non-hydrogen) atoms. The number of hydrogen-bond acceptors (Lipinski definition) is 8. The van der Waals surface area contributed by atoms with Crippen LogP contribution in [0, 0.1) is 11.7 Å². The summed E-state index contributed by atoms with van der Waals surface area (Å²) in [5.41, 5.74) is 7.15. The van der Waals surface area contributed by atoms with Crippen LogP contribution in [0.3, 0.4) is 0 Å². The zero-order chi connectivity index (χ0) is 37.6. The number of amides is 3. The van der Waals surface area contributed by atoms with Crippen LogP contribution < -0.4 is 19.9 Å². The summed E-state index contributed by atoms with van der Waals surface area (Å²) in [5.74, 6) is 0.494. The van der Waals surface area contributed by atoms with E-state index < -0.39 is 6.04 Å². The van der Waals surface area contributed by atoms with Crippen molar-refractivity contribution in [1.82, 2.24) is 15.1 Å². The molecule has 5 heterocycles. The quantitative estimate of drug-likeness (QED) is 0.235. The Morgan fingerprint density at radius 2 is 1.47 bits per heavy atom. The molecule has 0 bridgehead atoms. The number of phenolic OH excluding ortho intramolecular Hbond substituents is 1. The number of benzene rings is 4. The second kappa shape index (κ2) is 14.7. The maximum Gasteiger partial charge on any atom is 0.255 e. The Labute approximate surface area is 320 Å². The van der Waals surface area contributed by atoms with Gasteiger partial charge in [-0.15, -0.1) is 0 Å². The van der Waals surface area contributed by atoms with E-state index in [1.807, 2.05) is 30.3 Å². The number of rotatable bonds is 7. The Morgan fingerprint density at radius 1 is 0.764 bits per heavy atom. The van der Waals surface area contributed by atoms with Crippen LogP contribution in [0.5, 0.6) is 11.5 Å². The minimum Gasteiger partial charge on any atom is -0.508 e. The first-order valence-electron chi connectivity index (χ1n) is 19.6. The minimum atomic E-state index is -0.598. The van der Waals surface area contributed by atoms with Crippen molar-refractivity contribution in [2.75, 3.05) is 62.2 Å². The number of aromatic hydroxyl groups is 1. The van der Waals surface area contributed by atoms with Gasteiger partial charge in [-0.05, 0) is 90.4 Å². The first kappa shape index (κ1) is 35.3.